The highest BCUT2D eigenvalue weighted by atomic mass is 14.7. The molecule has 16 heavy (non-hydrogen) atoms. The molecular weight excluding hydrogens is 194 g/mol. The van der Waals surface area contributed by atoms with Crippen molar-refractivity contribution in [3.8, 4) is 0 Å². The first-order chi connectivity index (χ1) is 7.66. The van der Waals surface area contributed by atoms with Crippen molar-refractivity contribution in [3.05, 3.63) is 34.9 Å². The normalized spacial score (nSPS) is 24.9. The van der Waals surface area contributed by atoms with Gasteiger partial charge in [-0.15, -0.1) is 0 Å². The van der Waals surface area contributed by atoms with Crippen LogP contribution in [0.1, 0.15) is 42.4 Å². The van der Waals surface area contributed by atoms with Crippen LogP contribution in [0, 0.1) is 19.8 Å². The minimum atomic E-state index is 0.464. The van der Waals surface area contributed by atoms with E-state index in [1.54, 1.807) is 0 Å². The van der Waals surface area contributed by atoms with Crippen molar-refractivity contribution >= 4 is 0 Å². The molecule has 0 radical (unpaired) electrons. The third-order valence-electron chi connectivity index (χ3n) is 4.00. The lowest BCUT2D eigenvalue weighted by Crippen LogP contribution is -2.24. The Kier molecular flexibility index (Phi) is 3.65. The average molecular weight is 217 g/mol. The van der Waals surface area contributed by atoms with Gasteiger partial charge in [0.15, 0.2) is 0 Å². The lowest BCUT2D eigenvalue weighted by molar-refractivity contribution is 0.447. The Bertz CT molecular complexity index is 356. The minimum absolute atomic E-state index is 0.464. The number of aryl methyl sites for hydroxylation is 3. The molecule has 0 aliphatic heterocycles. The van der Waals surface area contributed by atoms with E-state index in [1.807, 2.05) is 0 Å². The minimum Gasteiger partial charge on any atom is -0.327 e. The summed E-state index contributed by atoms with van der Waals surface area (Å²) in [4.78, 5) is 0. The first-order valence-corrected chi connectivity index (χ1v) is 6.48. The van der Waals surface area contributed by atoms with Crippen molar-refractivity contribution in [2.75, 3.05) is 0 Å². The van der Waals surface area contributed by atoms with Gasteiger partial charge in [-0.25, -0.2) is 0 Å². The molecule has 0 aromatic heterocycles. The molecule has 2 rings (SSSR count). The predicted molar refractivity (Wildman–Crippen MR) is 69.6 cm³/mol. The summed E-state index contributed by atoms with van der Waals surface area (Å²) in [7, 11) is 0. The largest absolute Gasteiger partial charge is 0.327 e. The zero-order valence-corrected chi connectivity index (χ0v) is 10.5. The van der Waals surface area contributed by atoms with Crippen LogP contribution < -0.4 is 5.73 Å². The second-order valence-corrected chi connectivity index (χ2v) is 5.32. The lowest BCUT2D eigenvalue weighted by atomic mass is 9.93. The molecule has 1 aliphatic carbocycles. The van der Waals surface area contributed by atoms with Crippen LogP contribution in [0.4, 0.5) is 0 Å². The molecule has 2 N–H and O–H groups in total. The monoisotopic (exact) mass is 217 g/mol. The Balaban J connectivity index is 1.94. The standard InChI is InChI=1S/C15H23N/c1-11-6-7-13(12(2)10-11)8-9-14-4-3-5-15(14)16/h6-7,10,14-15H,3-5,8-9,16H2,1-2H3. The van der Waals surface area contributed by atoms with Gasteiger partial charge in [0.1, 0.15) is 0 Å². The summed E-state index contributed by atoms with van der Waals surface area (Å²) in [5.41, 5.74) is 10.4. The van der Waals surface area contributed by atoms with E-state index < -0.39 is 0 Å². The summed E-state index contributed by atoms with van der Waals surface area (Å²) < 4.78 is 0. The highest BCUT2D eigenvalue weighted by Crippen LogP contribution is 2.28. The molecule has 1 heteroatoms. The van der Waals surface area contributed by atoms with Crippen LogP contribution >= 0.6 is 0 Å². The third-order valence-corrected chi connectivity index (χ3v) is 4.00. The molecule has 1 nitrogen and oxygen atoms in total. The van der Waals surface area contributed by atoms with Crippen LogP contribution in [0.2, 0.25) is 0 Å². The van der Waals surface area contributed by atoms with Crippen LogP contribution in [0.25, 0.3) is 0 Å². The zero-order valence-electron chi connectivity index (χ0n) is 10.5. The topological polar surface area (TPSA) is 26.0 Å². The fraction of sp³-hybridized carbons (Fsp3) is 0.600. The van der Waals surface area contributed by atoms with E-state index in [9.17, 15) is 0 Å². The molecule has 0 saturated heterocycles. The van der Waals surface area contributed by atoms with Gasteiger partial charge in [-0.2, -0.15) is 0 Å². The van der Waals surface area contributed by atoms with Crippen molar-refractivity contribution in [1.82, 2.24) is 0 Å². The summed E-state index contributed by atoms with van der Waals surface area (Å²) in [5, 5.41) is 0. The average Bonchev–Trinajstić information content (AvgIpc) is 2.63. The second kappa shape index (κ2) is 5.01. The van der Waals surface area contributed by atoms with Gasteiger partial charge in [-0.3, -0.25) is 0 Å². The Morgan fingerprint density at radius 1 is 1.25 bits per heavy atom. The second-order valence-electron chi connectivity index (χ2n) is 5.32. The van der Waals surface area contributed by atoms with E-state index in [2.05, 4.69) is 32.0 Å². The lowest BCUT2D eigenvalue weighted by Gasteiger charge is -2.15. The van der Waals surface area contributed by atoms with Crippen LogP contribution in [0.5, 0.6) is 0 Å². The first-order valence-electron chi connectivity index (χ1n) is 6.48. The van der Waals surface area contributed by atoms with Crippen molar-refractivity contribution in [3.63, 3.8) is 0 Å². The molecule has 0 bridgehead atoms. The number of benzene rings is 1. The SMILES string of the molecule is Cc1ccc(CCC2CCCC2N)c(C)c1. The number of nitrogens with two attached hydrogens (primary N) is 1. The number of hydrogen-bond acceptors (Lipinski definition) is 1. The van der Waals surface area contributed by atoms with Gasteiger partial charge in [0, 0.05) is 6.04 Å². The fourth-order valence-corrected chi connectivity index (χ4v) is 2.89. The summed E-state index contributed by atoms with van der Waals surface area (Å²) in [6.45, 7) is 4.38. The molecule has 2 unspecified atom stereocenters. The maximum Gasteiger partial charge on any atom is 0.00672 e. The van der Waals surface area contributed by atoms with E-state index in [-0.39, 0.29) is 0 Å². The summed E-state index contributed by atoms with van der Waals surface area (Å²) >= 11 is 0. The Hall–Kier alpha value is -0.820. The van der Waals surface area contributed by atoms with Crippen LogP contribution in [-0.4, -0.2) is 6.04 Å². The molecule has 1 aromatic rings. The molecule has 1 fully saturated rings. The van der Waals surface area contributed by atoms with Crippen LogP contribution in [0.3, 0.4) is 0 Å². The molecule has 1 saturated carbocycles. The summed E-state index contributed by atoms with van der Waals surface area (Å²) in [6, 6.07) is 7.25. The van der Waals surface area contributed by atoms with E-state index in [0.29, 0.717) is 6.04 Å². The van der Waals surface area contributed by atoms with Gasteiger partial charge in [-0.05, 0) is 56.6 Å². The quantitative estimate of drug-likeness (QED) is 0.825. The van der Waals surface area contributed by atoms with Crippen LogP contribution in [0.15, 0.2) is 18.2 Å². The van der Waals surface area contributed by atoms with Gasteiger partial charge < -0.3 is 5.73 Å². The molecule has 88 valence electrons. The smallest absolute Gasteiger partial charge is 0.00672 e. The van der Waals surface area contributed by atoms with Gasteiger partial charge in [-0.1, -0.05) is 30.2 Å². The first kappa shape index (κ1) is 11.7. The van der Waals surface area contributed by atoms with Crippen LogP contribution in [-0.2, 0) is 6.42 Å². The van der Waals surface area contributed by atoms with Gasteiger partial charge in [0.25, 0.3) is 0 Å². The van der Waals surface area contributed by atoms with Gasteiger partial charge >= 0.3 is 0 Å². The van der Waals surface area contributed by atoms with Crippen molar-refractivity contribution in [1.29, 1.82) is 0 Å². The zero-order chi connectivity index (χ0) is 11.5. The van der Waals surface area contributed by atoms with Crippen molar-refractivity contribution in [2.45, 2.75) is 52.0 Å². The van der Waals surface area contributed by atoms with E-state index in [0.717, 1.165) is 5.92 Å². The number of rotatable bonds is 3. The summed E-state index contributed by atoms with van der Waals surface area (Å²) in [5.74, 6) is 0.765. The highest BCUT2D eigenvalue weighted by molar-refractivity contribution is 5.30. The molecular formula is C15H23N. The maximum atomic E-state index is 6.11. The molecule has 0 spiro atoms. The van der Waals surface area contributed by atoms with Crippen molar-refractivity contribution in [2.24, 2.45) is 11.7 Å². The molecule has 2 atom stereocenters. The summed E-state index contributed by atoms with van der Waals surface area (Å²) in [6.07, 6.45) is 6.37. The van der Waals surface area contributed by atoms with E-state index >= 15 is 0 Å². The molecule has 1 aliphatic rings. The van der Waals surface area contributed by atoms with E-state index in [1.165, 1.54) is 48.8 Å². The molecule has 0 amide bonds. The third kappa shape index (κ3) is 2.65. The van der Waals surface area contributed by atoms with Gasteiger partial charge in [0.2, 0.25) is 0 Å². The highest BCUT2D eigenvalue weighted by Gasteiger charge is 2.23. The Labute approximate surface area is 99.0 Å². The van der Waals surface area contributed by atoms with Crippen molar-refractivity contribution < 1.29 is 0 Å². The fourth-order valence-electron chi connectivity index (χ4n) is 2.89. The Morgan fingerprint density at radius 3 is 2.69 bits per heavy atom. The van der Waals surface area contributed by atoms with Gasteiger partial charge in [0.05, 0.1) is 0 Å². The molecule has 0 heterocycles. The van der Waals surface area contributed by atoms with E-state index in [4.69, 9.17) is 5.73 Å². The Morgan fingerprint density at radius 2 is 2.06 bits per heavy atom. The molecule has 1 aromatic carbocycles. The predicted octanol–water partition coefficient (Wildman–Crippen LogP) is 3.36. The number of hydrogen-bond donors (Lipinski definition) is 1. The maximum absolute atomic E-state index is 6.11.